The summed E-state index contributed by atoms with van der Waals surface area (Å²) >= 11 is 0. The predicted octanol–water partition coefficient (Wildman–Crippen LogP) is 3.03. The zero-order chi connectivity index (χ0) is 20.2. The minimum atomic E-state index is -0.132. The summed E-state index contributed by atoms with van der Waals surface area (Å²) in [6, 6.07) is 11.4. The van der Waals surface area contributed by atoms with Crippen LogP contribution >= 0.6 is 0 Å². The van der Waals surface area contributed by atoms with E-state index in [1.807, 2.05) is 53.2 Å². The third kappa shape index (κ3) is 3.62. The number of aliphatic imine (C=N–C) groups is 2. The van der Waals surface area contributed by atoms with Crippen LogP contribution in [0.3, 0.4) is 0 Å². The highest BCUT2D eigenvalue weighted by Gasteiger charge is 2.11. The van der Waals surface area contributed by atoms with E-state index >= 15 is 0 Å². The van der Waals surface area contributed by atoms with Gasteiger partial charge in [-0.1, -0.05) is 18.2 Å². The number of aryl methyl sites for hydroxylation is 2. The van der Waals surface area contributed by atoms with Crippen LogP contribution in [-0.2, 0) is 13.0 Å². The third-order valence-electron chi connectivity index (χ3n) is 4.70. The van der Waals surface area contributed by atoms with E-state index in [2.05, 4.69) is 26.8 Å². The van der Waals surface area contributed by atoms with Crippen molar-refractivity contribution < 1.29 is 0 Å². The first-order valence-electron chi connectivity index (χ1n) is 9.21. The van der Waals surface area contributed by atoms with E-state index in [-0.39, 0.29) is 5.56 Å². The Balaban J connectivity index is 1.68. The fourth-order valence-corrected chi connectivity index (χ4v) is 3.36. The van der Waals surface area contributed by atoms with Crippen molar-refractivity contribution in [3.63, 3.8) is 0 Å². The number of nitrogens with zero attached hydrogens (tertiary/aromatic N) is 6. The maximum Gasteiger partial charge on any atom is 0.274 e. The molecule has 0 amide bonds. The molecule has 7 nitrogen and oxygen atoms in total. The molecule has 0 unspecified atom stereocenters. The van der Waals surface area contributed by atoms with Crippen LogP contribution in [0.2, 0.25) is 0 Å². The van der Waals surface area contributed by atoms with Crippen molar-refractivity contribution in [3.8, 4) is 0 Å². The van der Waals surface area contributed by atoms with Crippen molar-refractivity contribution in [1.82, 2.24) is 19.2 Å². The van der Waals surface area contributed by atoms with Gasteiger partial charge in [-0.05, 0) is 30.5 Å². The van der Waals surface area contributed by atoms with E-state index in [4.69, 9.17) is 0 Å². The fourth-order valence-electron chi connectivity index (χ4n) is 3.36. The van der Waals surface area contributed by atoms with Crippen LogP contribution in [0, 0.1) is 0 Å². The zero-order valence-corrected chi connectivity index (χ0v) is 16.1. The first kappa shape index (κ1) is 18.5. The zero-order valence-electron chi connectivity index (χ0n) is 16.1. The number of allylic oxidation sites excluding steroid dienone is 1. The van der Waals surface area contributed by atoms with Gasteiger partial charge in [0.05, 0.1) is 23.8 Å². The maximum absolute atomic E-state index is 13.0. The molecule has 0 spiro atoms. The molecule has 4 aromatic rings. The SMILES string of the molecule is C=N/C=C(\C=NC)c1cccc2c(=O)n(CCc3cn4ccccc4n3)ncc12. The monoisotopic (exact) mass is 384 g/mol. The summed E-state index contributed by atoms with van der Waals surface area (Å²) in [5.41, 5.74) is 3.29. The van der Waals surface area contributed by atoms with Crippen LogP contribution in [0.5, 0.6) is 0 Å². The molecule has 0 atom stereocenters. The summed E-state index contributed by atoms with van der Waals surface area (Å²) < 4.78 is 3.45. The van der Waals surface area contributed by atoms with Crippen molar-refractivity contribution >= 4 is 34.9 Å². The number of fused-ring (bicyclic) bond motifs is 2. The summed E-state index contributed by atoms with van der Waals surface area (Å²) in [7, 11) is 1.69. The molecule has 7 heteroatoms. The molecule has 4 rings (SSSR count). The van der Waals surface area contributed by atoms with Crippen LogP contribution in [-0.4, -0.2) is 39.1 Å². The number of imidazole rings is 1. The highest BCUT2D eigenvalue weighted by atomic mass is 16.1. The second-order valence-corrected chi connectivity index (χ2v) is 6.54. The Labute approximate surface area is 167 Å². The highest BCUT2D eigenvalue weighted by Crippen LogP contribution is 2.22. The van der Waals surface area contributed by atoms with Gasteiger partial charge < -0.3 is 4.40 Å². The number of benzene rings is 1. The topological polar surface area (TPSA) is 76.9 Å². The van der Waals surface area contributed by atoms with E-state index in [1.54, 1.807) is 25.7 Å². The third-order valence-corrected chi connectivity index (χ3v) is 4.70. The molecule has 3 aromatic heterocycles. The summed E-state index contributed by atoms with van der Waals surface area (Å²) in [6.07, 6.45) is 9.58. The lowest BCUT2D eigenvalue weighted by Crippen LogP contribution is -2.24. The average Bonchev–Trinajstić information content (AvgIpc) is 3.16. The lowest BCUT2D eigenvalue weighted by molar-refractivity contribution is 0.580. The Morgan fingerprint density at radius 2 is 2.10 bits per heavy atom. The van der Waals surface area contributed by atoms with Gasteiger partial charge in [0.15, 0.2) is 0 Å². The molecule has 0 aliphatic rings. The molecule has 0 radical (unpaired) electrons. The minimum absolute atomic E-state index is 0.132. The Morgan fingerprint density at radius 3 is 2.90 bits per heavy atom. The van der Waals surface area contributed by atoms with Gasteiger partial charge in [0, 0.05) is 49.2 Å². The van der Waals surface area contributed by atoms with Crippen molar-refractivity contribution in [3.05, 3.63) is 82.8 Å². The number of pyridine rings is 1. The Kier molecular flexibility index (Phi) is 5.11. The van der Waals surface area contributed by atoms with Gasteiger partial charge in [-0.15, -0.1) is 0 Å². The molecular formula is C22H20N6O. The van der Waals surface area contributed by atoms with E-state index in [9.17, 15) is 4.79 Å². The molecule has 144 valence electrons. The first-order valence-corrected chi connectivity index (χ1v) is 9.21. The van der Waals surface area contributed by atoms with Gasteiger partial charge in [-0.2, -0.15) is 5.10 Å². The van der Waals surface area contributed by atoms with Crippen LogP contribution in [0.1, 0.15) is 11.3 Å². The van der Waals surface area contributed by atoms with Gasteiger partial charge in [0.2, 0.25) is 0 Å². The molecule has 1 aromatic carbocycles. The van der Waals surface area contributed by atoms with Crippen LogP contribution in [0.25, 0.3) is 22.0 Å². The van der Waals surface area contributed by atoms with Gasteiger partial charge in [0.25, 0.3) is 5.56 Å². The standard InChI is InChI=1S/C22H20N6O/c1-23-12-16(13-24-2)18-6-5-7-19-20(18)14-25-28(22(19)29)11-9-17-15-27-10-4-3-8-21(27)26-17/h3-8,10,12-15H,1,9,11H2,2H3/b16-12+,24-13?. The largest absolute Gasteiger partial charge is 0.307 e. The summed E-state index contributed by atoms with van der Waals surface area (Å²) in [5, 5.41) is 5.75. The van der Waals surface area contributed by atoms with E-state index in [1.165, 1.54) is 4.68 Å². The molecule has 0 N–H and O–H groups in total. The second-order valence-electron chi connectivity index (χ2n) is 6.54. The molecular weight excluding hydrogens is 364 g/mol. The van der Waals surface area contributed by atoms with Crippen LogP contribution < -0.4 is 5.56 Å². The molecule has 0 aliphatic heterocycles. The lowest BCUT2D eigenvalue weighted by Gasteiger charge is -2.09. The Bertz CT molecular complexity index is 1280. The van der Waals surface area contributed by atoms with Crippen LogP contribution in [0.15, 0.2) is 76.0 Å². The summed E-state index contributed by atoms with van der Waals surface area (Å²) in [5.74, 6) is 0. The minimum Gasteiger partial charge on any atom is -0.307 e. The number of hydrogen-bond acceptors (Lipinski definition) is 5. The molecule has 0 saturated carbocycles. The number of rotatable bonds is 6. The molecule has 0 bridgehead atoms. The average molecular weight is 384 g/mol. The van der Waals surface area contributed by atoms with E-state index in [0.717, 1.165) is 27.9 Å². The van der Waals surface area contributed by atoms with E-state index in [0.29, 0.717) is 18.4 Å². The molecule has 3 heterocycles. The van der Waals surface area contributed by atoms with Gasteiger partial charge >= 0.3 is 0 Å². The summed E-state index contributed by atoms with van der Waals surface area (Å²) in [6.45, 7) is 3.97. The number of aromatic nitrogens is 4. The van der Waals surface area contributed by atoms with Gasteiger partial charge in [0.1, 0.15) is 5.65 Å². The summed E-state index contributed by atoms with van der Waals surface area (Å²) in [4.78, 5) is 25.5. The predicted molar refractivity (Wildman–Crippen MR) is 117 cm³/mol. The second kappa shape index (κ2) is 8.02. The fraction of sp³-hybridized carbons (Fsp3) is 0.136. The lowest BCUT2D eigenvalue weighted by atomic mass is 10.0. The molecule has 29 heavy (non-hydrogen) atoms. The Morgan fingerprint density at radius 1 is 1.21 bits per heavy atom. The number of hydrogen-bond donors (Lipinski definition) is 0. The maximum atomic E-state index is 13.0. The van der Waals surface area contributed by atoms with Crippen molar-refractivity contribution in [2.75, 3.05) is 7.05 Å². The van der Waals surface area contributed by atoms with Crippen LogP contribution in [0.4, 0.5) is 0 Å². The van der Waals surface area contributed by atoms with Crippen molar-refractivity contribution in [2.45, 2.75) is 13.0 Å². The smallest absolute Gasteiger partial charge is 0.274 e. The quantitative estimate of drug-likeness (QED) is 0.480. The van der Waals surface area contributed by atoms with Crippen molar-refractivity contribution in [2.24, 2.45) is 9.98 Å². The molecule has 0 fully saturated rings. The normalized spacial score (nSPS) is 12.2. The van der Waals surface area contributed by atoms with Gasteiger partial charge in [-0.3, -0.25) is 14.8 Å². The highest BCUT2D eigenvalue weighted by molar-refractivity contribution is 6.14. The molecule has 0 saturated heterocycles. The van der Waals surface area contributed by atoms with Gasteiger partial charge in [-0.25, -0.2) is 9.67 Å². The molecule has 0 aliphatic carbocycles. The van der Waals surface area contributed by atoms with Crippen molar-refractivity contribution in [1.29, 1.82) is 0 Å². The Hall–Kier alpha value is -3.87. The van der Waals surface area contributed by atoms with E-state index < -0.39 is 0 Å². The first-order chi connectivity index (χ1) is 14.2.